The molecule has 0 saturated heterocycles. The van der Waals surface area contributed by atoms with Crippen LogP contribution in [0.2, 0.25) is 5.28 Å². The Balaban J connectivity index is 2.75. The zero-order chi connectivity index (χ0) is 8.97. The molecule has 0 amide bonds. The quantitative estimate of drug-likeness (QED) is 0.649. The number of nitrogens with zero attached hydrogens (tertiary/aromatic N) is 2. The molecule has 0 unspecified atom stereocenters. The summed E-state index contributed by atoms with van der Waals surface area (Å²) in [6.07, 6.45) is 1.62. The van der Waals surface area contributed by atoms with Crippen LogP contribution >= 0.6 is 34.2 Å². The SMILES string of the molecule is OCCNc1nc(Cl)ncc1I. The van der Waals surface area contributed by atoms with Crippen molar-refractivity contribution in [2.75, 3.05) is 18.5 Å². The highest BCUT2D eigenvalue weighted by Crippen LogP contribution is 2.15. The number of rotatable bonds is 3. The summed E-state index contributed by atoms with van der Waals surface area (Å²) in [7, 11) is 0. The Labute approximate surface area is 88.5 Å². The molecule has 12 heavy (non-hydrogen) atoms. The van der Waals surface area contributed by atoms with Gasteiger partial charge in [0.15, 0.2) is 0 Å². The molecule has 6 heteroatoms. The lowest BCUT2D eigenvalue weighted by atomic mass is 10.5. The summed E-state index contributed by atoms with van der Waals surface area (Å²) in [6.45, 7) is 0.529. The van der Waals surface area contributed by atoms with Crippen LogP contribution in [0, 0.1) is 3.57 Å². The highest BCUT2D eigenvalue weighted by atomic mass is 127. The fraction of sp³-hybridized carbons (Fsp3) is 0.333. The summed E-state index contributed by atoms with van der Waals surface area (Å²) in [5.41, 5.74) is 0. The highest BCUT2D eigenvalue weighted by molar-refractivity contribution is 14.1. The second-order valence-corrected chi connectivity index (χ2v) is 3.49. The zero-order valence-electron chi connectivity index (χ0n) is 6.09. The second-order valence-electron chi connectivity index (χ2n) is 1.99. The molecule has 1 heterocycles. The minimum atomic E-state index is 0.0672. The molecule has 0 aliphatic rings. The molecule has 0 aliphatic carbocycles. The maximum absolute atomic E-state index is 8.55. The standard InChI is InChI=1S/C6H7ClIN3O/c7-6-10-3-4(8)5(11-6)9-1-2-12/h3,12H,1-2H2,(H,9,10,11). The van der Waals surface area contributed by atoms with E-state index in [4.69, 9.17) is 16.7 Å². The second kappa shape index (κ2) is 4.78. The molecular weight excluding hydrogens is 292 g/mol. The monoisotopic (exact) mass is 299 g/mol. The average Bonchev–Trinajstić information content (AvgIpc) is 2.07. The van der Waals surface area contributed by atoms with Crippen LogP contribution in [0.25, 0.3) is 0 Å². The predicted molar refractivity (Wildman–Crippen MR) is 55.3 cm³/mol. The normalized spacial score (nSPS) is 9.92. The van der Waals surface area contributed by atoms with Crippen LogP contribution in [-0.2, 0) is 0 Å². The van der Waals surface area contributed by atoms with Gasteiger partial charge in [-0.3, -0.25) is 0 Å². The van der Waals surface area contributed by atoms with Crippen LogP contribution in [0.3, 0.4) is 0 Å². The Bertz CT molecular complexity index is 271. The summed E-state index contributed by atoms with van der Waals surface area (Å²) in [4.78, 5) is 7.73. The molecule has 0 spiro atoms. The minimum absolute atomic E-state index is 0.0672. The van der Waals surface area contributed by atoms with Gasteiger partial charge in [-0.15, -0.1) is 0 Å². The summed E-state index contributed by atoms with van der Waals surface area (Å²) in [6, 6.07) is 0. The Morgan fingerprint density at radius 2 is 2.42 bits per heavy atom. The maximum Gasteiger partial charge on any atom is 0.224 e. The number of nitrogens with one attached hydrogen (secondary N) is 1. The molecule has 1 aromatic heterocycles. The molecule has 2 N–H and O–H groups in total. The van der Waals surface area contributed by atoms with Crippen LogP contribution < -0.4 is 5.32 Å². The fourth-order valence-corrected chi connectivity index (χ4v) is 1.23. The Morgan fingerprint density at radius 3 is 3.08 bits per heavy atom. The van der Waals surface area contributed by atoms with E-state index < -0.39 is 0 Å². The largest absolute Gasteiger partial charge is 0.395 e. The van der Waals surface area contributed by atoms with Crippen LogP contribution in [0.1, 0.15) is 0 Å². The summed E-state index contributed by atoms with van der Waals surface area (Å²) < 4.78 is 0.880. The van der Waals surface area contributed by atoms with Crippen molar-refractivity contribution >= 4 is 40.0 Å². The molecular formula is C6H7ClIN3O. The van der Waals surface area contributed by atoms with E-state index in [-0.39, 0.29) is 11.9 Å². The van der Waals surface area contributed by atoms with E-state index in [0.29, 0.717) is 12.4 Å². The van der Waals surface area contributed by atoms with Gasteiger partial charge in [0.2, 0.25) is 5.28 Å². The minimum Gasteiger partial charge on any atom is -0.395 e. The van der Waals surface area contributed by atoms with Gasteiger partial charge in [-0.05, 0) is 34.2 Å². The van der Waals surface area contributed by atoms with Crippen molar-refractivity contribution in [3.05, 3.63) is 15.1 Å². The lowest BCUT2D eigenvalue weighted by Gasteiger charge is -2.04. The smallest absolute Gasteiger partial charge is 0.224 e. The molecule has 66 valence electrons. The number of aromatic nitrogens is 2. The van der Waals surface area contributed by atoms with Gasteiger partial charge in [-0.2, -0.15) is 4.98 Å². The lowest BCUT2D eigenvalue weighted by Crippen LogP contribution is -2.08. The number of hydrogen-bond donors (Lipinski definition) is 2. The maximum atomic E-state index is 8.55. The van der Waals surface area contributed by atoms with E-state index in [0.717, 1.165) is 3.57 Å². The van der Waals surface area contributed by atoms with Crippen molar-refractivity contribution in [2.24, 2.45) is 0 Å². The first-order chi connectivity index (χ1) is 5.74. The van der Waals surface area contributed by atoms with E-state index in [9.17, 15) is 0 Å². The van der Waals surface area contributed by atoms with E-state index in [1.165, 1.54) is 0 Å². The fourth-order valence-electron chi connectivity index (χ4n) is 0.644. The zero-order valence-corrected chi connectivity index (χ0v) is 9.00. The van der Waals surface area contributed by atoms with Crippen molar-refractivity contribution in [2.45, 2.75) is 0 Å². The average molecular weight is 299 g/mol. The molecule has 4 nitrogen and oxygen atoms in total. The molecule has 0 fully saturated rings. The molecule has 1 rings (SSSR count). The number of halogens is 2. The van der Waals surface area contributed by atoms with E-state index in [1.807, 2.05) is 0 Å². The number of aliphatic hydroxyl groups is 1. The van der Waals surface area contributed by atoms with Crippen molar-refractivity contribution < 1.29 is 5.11 Å². The van der Waals surface area contributed by atoms with Crippen molar-refractivity contribution in [3.63, 3.8) is 0 Å². The predicted octanol–water partition coefficient (Wildman–Crippen LogP) is 1.14. The molecule has 0 aromatic carbocycles. The van der Waals surface area contributed by atoms with Crippen molar-refractivity contribution in [3.8, 4) is 0 Å². The van der Waals surface area contributed by atoms with E-state index >= 15 is 0 Å². The van der Waals surface area contributed by atoms with Crippen LogP contribution in [0.5, 0.6) is 0 Å². The number of aliphatic hydroxyl groups excluding tert-OH is 1. The summed E-state index contributed by atoms with van der Waals surface area (Å²) in [5.74, 6) is 0.657. The van der Waals surface area contributed by atoms with Crippen LogP contribution in [-0.4, -0.2) is 28.2 Å². The number of hydrogen-bond acceptors (Lipinski definition) is 4. The van der Waals surface area contributed by atoms with Gasteiger partial charge in [0.25, 0.3) is 0 Å². The number of anilines is 1. The van der Waals surface area contributed by atoms with Gasteiger partial charge in [0.1, 0.15) is 5.82 Å². The topological polar surface area (TPSA) is 58.0 Å². The Kier molecular flexibility index (Phi) is 3.96. The first kappa shape index (κ1) is 9.94. The summed E-state index contributed by atoms with van der Waals surface area (Å²) >= 11 is 7.66. The van der Waals surface area contributed by atoms with Gasteiger partial charge in [0, 0.05) is 12.7 Å². The van der Waals surface area contributed by atoms with E-state index in [1.54, 1.807) is 6.20 Å². The van der Waals surface area contributed by atoms with E-state index in [2.05, 4.69) is 37.9 Å². The van der Waals surface area contributed by atoms with Crippen molar-refractivity contribution in [1.29, 1.82) is 0 Å². The van der Waals surface area contributed by atoms with Crippen LogP contribution in [0.15, 0.2) is 6.20 Å². The van der Waals surface area contributed by atoms with Gasteiger partial charge < -0.3 is 10.4 Å². The highest BCUT2D eigenvalue weighted by Gasteiger charge is 2.01. The molecule has 0 aliphatic heterocycles. The van der Waals surface area contributed by atoms with Gasteiger partial charge in [0.05, 0.1) is 10.2 Å². The molecule has 0 bridgehead atoms. The summed E-state index contributed by atoms with van der Waals surface area (Å²) in [5, 5.41) is 11.7. The third-order valence-electron chi connectivity index (χ3n) is 1.12. The van der Waals surface area contributed by atoms with Gasteiger partial charge in [-0.1, -0.05) is 0 Å². The Morgan fingerprint density at radius 1 is 1.67 bits per heavy atom. The third-order valence-corrected chi connectivity index (χ3v) is 2.09. The molecule has 1 aromatic rings. The first-order valence-electron chi connectivity index (χ1n) is 3.27. The molecule has 0 atom stereocenters. The van der Waals surface area contributed by atoms with Crippen LogP contribution in [0.4, 0.5) is 5.82 Å². The Hall–Kier alpha value is -0.140. The van der Waals surface area contributed by atoms with Crippen molar-refractivity contribution in [1.82, 2.24) is 9.97 Å². The molecule has 0 radical (unpaired) electrons. The van der Waals surface area contributed by atoms with Gasteiger partial charge >= 0.3 is 0 Å². The first-order valence-corrected chi connectivity index (χ1v) is 4.72. The molecule has 0 saturated carbocycles. The van der Waals surface area contributed by atoms with Gasteiger partial charge in [-0.25, -0.2) is 4.98 Å². The lowest BCUT2D eigenvalue weighted by molar-refractivity contribution is 0.311. The third kappa shape index (κ3) is 2.72.